The number of rotatable bonds is 6. The first-order valence-corrected chi connectivity index (χ1v) is 7.84. The van der Waals surface area contributed by atoms with Crippen LogP contribution in [0.1, 0.15) is 18.5 Å². The molecule has 0 spiro atoms. The minimum Gasteiger partial charge on any atom is -0.497 e. The van der Waals surface area contributed by atoms with Gasteiger partial charge in [-0.2, -0.15) is 5.26 Å². The van der Waals surface area contributed by atoms with Crippen molar-refractivity contribution in [3.8, 4) is 11.8 Å². The Morgan fingerprint density at radius 1 is 1.36 bits per heavy atom. The molecular formula is C18H17ClN4O2. The fourth-order valence-corrected chi connectivity index (χ4v) is 2.19. The molecule has 1 heterocycles. The van der Waals surface area contributed by atoms with Crippen molar-refractivity contribution < 1.29 is 9.53 Å². The first-order valence-electron chi connectivity index (χ1n) is 7.46. The number of hydrogen-bond donors (Lipinski definition) is 2. The zero-order chi connectivity index (χ0) is 18.2. The Kier molecular flexibility index (Phi) is 6.38. The quantitative estimate of drug-likeness (QED) is 0.611. The molecule has 128 valence electrons. The maximum atomic E-state index is 12.3. The van der Waals surface area contributed by atoms with Crippen LogP contribution in [0.25, 0.3) is 0 Å². The monoisotopic (exact) mass is 356 g/mol. The number of nitrogens with one attached hydrogen (secondary N) is 2. The largest absolute Gasteiger partial charge is 0.497 e. The number of carbonyl (C=O) groups is 1. The van der Waals surface area contributed by atoms with Crippen molar-refractivity contribution in [1.29, 1.82) is 5.26 Å². The normalized spacial score (nSPS) is 12.0. The van der Waals surface area contributed by atoms with Crippen LogP contribution >= 0.6 is 11.6 Å². The predicted octanol–water partition coefficient (Wildman–Crippen LogP) is 3.44. The summed E-state index contributed by atoms with van der Waals surface area (Å²) in [5.74, 6) is 0.690. The summed E-state index contributed by atoms with van der Waals surface area (Å²) < 4.78 is 5.10. The molecule has 0 bridgehead atoms. The topological polar surface area (TPSA) is 87.0 Å². The molecule has 1 unspecified atom stereocenters. The number of methoxy groups -OCH3 is 1. The SMILES string of the molecule is COc1ccc(C(C)NC(=O)/C(C#N)=C\Nc2cc(Cl)ccn2)cc1. The van der Waals surface area contributed by atoms with Gasteiger partial charge in [0.15, 0.2) is 0 Å². The van der Waals surface area contributed by atoms with E-state index >= 15 is 0 Å². The minimum atomic E-state index is -0.486. The first-order chi connectivity index (χ1) is 12.0. The summed E-state index contributed by atoms with van der Waals surface area (Å²) in [5, 5.41) is 15.3. The van der Waals surface area contributed by atoms with Crippen molar-refractivity contribution >= 4 is 23.3 Å². The van der Waals surface area contributed by atoms with Gasteiger partial charge in [-0.25, -0.2) is 4.98 Å². The van der Waals surface area contributed by atoms with Crippen molar-refractivity contribution in [2.45, 2.75) is 13.0 Å². The highest BCUT2D eigenvalue weighted by Gasteiger charge is 2.14. The Morgan fingerprint density at radius 3 is 2.68 bits per heavy atom. The number of benzene rings is 1. The molecular weight excluding hydrogens is 340 g/mol. The van der Waals surface area contributed by atoms with E-state index in [0.717, 1.165) is 11.3 Å². The molecule has 1 amide bonds. The van der Waals surface area contributed by atoms with Crippen LogP contribution in [0.4, 0.5) is 5.82 Å². The highest BCUT2D eigenvalue weighted by molar-refractivity contribution is 6.30. The van der Waals surface area contributed by atoms with Gasteiger partial charge in [-0.15, -0.1) is 0 Å². The van der Waals surface area contributed by atoms with Gasteiger partial charge in [0.1, 0.15) is 23.2 Å². The summed E-state index contributed by atoms with van der Waals surface area (Å²) in [7, 11) is 1.59. The molecule has 1 aromatic heterocycles. The van der Waals surface area contributed by atoms with Gasteiger partial charge in [-0.1, -0.05) is 23.7 Å². The molecule has 2 aromatic rings. The van der Waals surface area contributed by atoms with Crippen molar-refractivity contribution in [2.75, 3.05) is 12.4 Å². The van der Waals surface area contributed by atoms with Crippen LogP contribution in [-0.2, 0) is 4.79 Å². The van der Waals surface area contributed by atoms with E-state index in [2.05, 4.69) is 15.6 Å². The summed E-state index contributed by atoms with van der Waals surface area (Å²) in [6, 6.07) is 12.2. The minimum absolute atomic E-state index is 0.0675. The predicted molar refractivity (Wildman–Crippen MR) is 96.1 cm³/mol. The fourth-order valence-electron chi connectivity index (χ4n) is 2.03. The molecule has 6 nitrogen and oxygen atoms in total. The maximum absolute atomic E-state index is 12.3. The van der Waals surface area contributed by atoms with Crippen molar-refractivity contribution in [3.63, 3.8) is 0 Å². The second kappa shape index (κ2) is 8.71. The summed E-state index contributed by atoms with van der Waals surface area (Å²) in [6.07, 6.45) is 2.82. The van der Waals surface area contributed by atoms with Gasteiger partial charge >= 0.3 is 0 Å². The van der Waals surface area contributed by atoms with Gasteiger partial charge in [-0.05, 0) is 36.8 Å². The second-order valence-electron chi connectivity index (χ2n) is 5.14. The highest BCUT2D eigenvalue weighted by atomic mass is 35.5. The Bertz CT molecular complexity index is 813. The third-order valence-electron chi connectivity index (χ3n) is 3.41. The van der Waals surface area contributed by atoms with Crippen LogP contribution in [-0.4, -0.2) is 18.0 Å². The molecule has 1 aromatic carbocycles. The molecule has 1 atom stereocenters. The third kappa shape index (κ3) is 5.23. The number of halogens is 1. The zero-order valence-electron chi connectivity index (χ0n) is 13.8. The lowest BCUT2D eigenvalue weighted by molar-refractivity contribution is -0.117. The highest BCUT2D eigenvalue weighted by Crippen LogP contribution is 2.17. The molecule has 2 N–H and O–H groups in total. The Hall–Kier alpha value is -3.04. The molecule has 0 aliphatic rings. The summed E-state index contributed by atoms with van der Waals surface area (Å²) >= 11 is 5.86. The number of ether oxygens (including phenoxy) is 1. The van der Waals surface area contributed by atoms with E-state index in [1.165, 1.54) is 12.4 Å². The van der Waals surface area contributed by atoms with Crippen LogP contribution in [0, 0.1) is 11.3 Å². The average Bonchev–Trinajstić information content (AvgIpc) is 2.62. The van der Waals surface area contributed by atoms with E-state index in [9.17, 15) is 10.1 Å². The molecule has 7 heteroatoms. The second-order valence-corrected chi connectivity index (χ2v) is 5.58. The lowest BCUT2D eigenvalue weighted by Gasteiger charge is -2.14. The molecule has 0 aliphatic heterocycles. The molecule has 0 aliphatic carbocycles. The molecule has 0 fully saturated rings. The van der Waals surface area contributed by atoms with Crippen molar-refractivity contribution in [3.05, 3.63) is 65.0 Å². The van der Waals surface area contributed by atoms with Crippen LogP contribution in [0.15, 0.2) is 54.4 Å². The Morgan fingerprint density at radius 2 is 2.08 bits per heavy atom. The number of anilines is 1. The third-order valence-corrected chi connectivity index (χ3v) is 3.65. The summed E-state index contributed by atoms with van der Waals surface area (Å²) in [4.78, 5) is 16.3. The smallest absolute Gasteiger partial charge is 0.263 e. The molecule has 2 rings (SSSR count). The number of hydrogen-bond acceptors (Lipinski definition) is 5. The Labute approximate surface area is 151 Å². The molecule has 0 radical (unpaired) electrons. The summed E-state index contributed by atoms with van der Waals surface area (Å²) in [5.41, 5.74) is 0.832. The number of nitriles is 1. The average molecular weight is 357 g/mol. The molecule has 25 heavy (non-hydrogen) atoms. The van der Waals surface area contributed by atoms with Crippen LogP contribution in [0.5, 0.6) is 5.75 Å². The van der Waals surface area contributed by atoms with E-state index in [1.807, 2.05) is 37.3 Å². The van der Waals surface area contributed by atoms with E-state index in [4.69, 9.17) is 16.3 Å². The van der Waals surface area contributed by atoms with E-state index in [1.54, 1.807) is 19.2 Å². The van der Waals surface area contributed by atoms with Gasteiger partial charge in [0, 0.05) is 17.4 Å². The van der Waals surface area contributed by atoms with Gasteiger partial charge in [0.25, 0.3) is 5.91 Å². The molecule has 0 saturated carbocycles. The lowest BCUT2D eigenvalue weighted by Crippen LogP contribution is -2.28. The number of nitrogens with zero attached hydrogens (tertiary/aromatic N) is 2. The van der Waals surface area contributed by atoms with E-state index in [0.29, 0.717) is 10.8 Å². The van der Waals surface area contributed by atoms with Crippen LogP contribution < -0.4 is 15.4 Å². The van der Waals surface area contributed by atoms with E-state index in [-0.39, 0.29) is 11.6 Å². The first kappa shape index (κ1) is 18.3. The van der Waals surface area contributed by atoms with Crippen LogP contribution in [0.2, 0.25) is 5.02 Å². The number of aromatic nitrogens is 1. The molecule has 0 saturated heterocycles. The Balaban J connectivity index is 2.03. The number of carbonyl (C=O) groups excluding carboxylic acids is 1. The van der Waals surface area contributed by atoms with Crippen molar-refractivity contribution in [2.24, 2.45) is 0 Å². The number of amides is 1. The maximum Gasteiger partial charge on any atom is 0.263 e. The van der Waals surface area contributed by atoms with Gasteiger partial charge in [0.05, 0.1) is 13.2 Å². The van der Waals surface area contributed by atoms with Gasteiger partial charge in [0.2, 0.25) is 0 Å². The number of pyridine rings is 1. The zero-order valence-corrected chi connectivity index (χ0v) is 14.5. The summed E-state index contributed by atoms with van der Waals surface area (Å²) in [6.45, 7) is 1.83. The van der Waals surface area contributed by atoms with Crippen molar-refractivity contribution in [1.82, 2.24) is 10.3 Å². The van der Waals surface area contributed by atoms with Crippen LogP contribution in [0.3, 0.4) is 0 Å². The standard InChI is InChI=1S/C18H17ClN4O2/c1-12(13-3-5-16(25-2)6-4-13)23-18(24)14(10-20)11-22-17-9-15(19)7-8-21-17/h3-9,11-12H,1-2H3,(H,21,22)(H,23,24)/b14-11-. The fraction of sp³-hybridized carbons (Fsp3) is 0.167. The lowest BCUT2D eigenvalue weighted by atomic mass is 10.1. The van der Waals surface area contributed by atoms with E-state index < -0.39 is 5.91 Å². The van der Waals surface area contributed by atoms with Gasteiger partial charge < -0.3 is 15.4 Å². The van der Waals surface area contributed by atoms with Gasteiger partial charge in [-0.3, -0.25) is 4.79 Å².